The number of aryl methyl sites for hydroxylation is 2. The molecule has 0 aliphatic heterocycles. The van der Waals surface area contributed by atoms with Crippen molar-refractivity contribution in [3.63, 3.8) is 0 Å². The van der Waals surface area contributed by atoms with Gasteiger partial charge in [-0.05, 0) is 33.3 Å². The van der Waals surface area contributed by atoms with E-state index in [0.717, 1.165) is 11.1 Å². The minimum absolute atomic E-state index is 0.112. The molecule has 0 amide bonds. The van der Waals surface area contributed by atoms with E-state index in [1.807, 2.05) is 31.2 Å². The summed E-state index contributed by atoms with van der Waals surface area (Å²) >= 11 is 0. The lowest BCUT2D eigenvalue weighted by atomic mass is 9.99. The zero-order chi connectivity index (χ0) is 17.0. The van der Waals surface area contributed by atoms with Gasteiger partial charge in [-0.2, -0.15) is 0 Å². The summed E-state index contributed by atoms with van der Waals surface area (Å²) in [6, 6.07) is 7.63. The molecular formula is C18H20O5. The van der Waals surface area contributed by atoms with E-state index in [9.17, 15) is 9.59 Å². The molecule has 1 heterocycles. The molecule has 0 unspecified atom stereocenters. The Hall–Kier alpha value is -2.56. The summed E-state index contributed by atoms with van der Waals surface area (Å²) in [7, 11) is 0. The van der Waals surface area contributed by atoms with Gasteiger partial charge in [0.1, 0.15) is 11.3 Å². The predicted octanol–water partition coefficient (Wildman–Crippen LogP) is 3.92. The van der Waals surface area contributed by atoms with Gasteiger partial charge in [-0.1, -0.05) is 29.8 Å². The van der Waals surface area contributed by atoms with Crippen molar-refractivity contribution in [1.82, 2.24) is 0 Å². The number of carbonyl (C=O) groups excluding carboxylic acids is 2. The summed E-state index contributed by atoms with van der Waals surface area (Å²) in [5.74, 6) is -0.900. The molecule has 2 rings (SSSR count). The molecule has 0 aliphatic carbocycles. The highest BCUT2D eigenvalue weighted by molar-refractivity contribution is 6.07. The van der Waals surface area contributed by atoms with Gasteiger partial charge in [0.15, 0.2) is 0 Å². The summed E-state index contributed by atoms with van der Waals surface area (Å²) in [6.07, 6.45) is 0. The van der Waals surface area contributed by atoms with Gasteiger partial charge < -0.3 is 13.9 Å². The largest absolute Gasteiger partial charge is 0.462 e. The number of ether oxygens (including phenoxy) is 2. The molecule has 0 bridgehead atoms. The molecule has 122 valence electrons. The topological polar surface area (TPSA) is 65.7 Å². The number of esters is 2. The van der Waals surface area contributed by atoms with Gasteiger partial charge in [0.05, 0.1) is 13.2 Å². The van der Waals surface area contributed by atoms with Crippen molar-refractivity contribution in [3.8, 4) is 11.1 Å². The standard InChI is InChI=1S/C18H20O5/c1-5-21-17(19)15-14(13-9-7-8-11(3)10-13)12(4)23-16(15)18(20)22-6-2/h7-10H,5-6H2,1-4H3. The Bertz CT molecular complexity index is 727. The van der Waals surface area contributed by atoms with Gasteiger partial charge in [0.25, 0.3) is 0 Å². The second-order valence-corrected chi connectivity index (χ2v) is 5.05. The first-order chi connectivity index (χ1) is 11.0. The maximum absolute atomic E-state index is 12.4. The fraction of sp³-hybridized carbons (Fsp3) is 0.333. The average Bonchev–Trinajstić information content (AvgIpc) is 2.85. The van der Waals surface area contributed by atoms with Gasteiger partial charge in [-0.3, -0.25) is 0 Å². The van der Waals surface area contributed by atoms with E-state index in [1.54, 1.807) is 20.8 Å². The Kier molecular flexibility index (Phi) is 5.21. The van der Waals surface area contributed by atoms with Crippen molar-refractivity contribution in [2.75, 3.05) is 13.2 Å². The van der Waals surface area contributed by atoms with E-state index in [2.05, 4.69) is 0 Å². The zero-order valence-electron chi connectivity index (χ0n) is 13.8. The molecule has 0 saturated carbocycles. The molecule has 0 spiro atoms. The van der Waals surface area contributed by atoms with Crippen molar-refractivity contribution in [1.29, 1.82) is 0 Å². The third-order valence-corrected chi connectivity index (χ3v) is 3.33. The predicted molar refractivity (Wildman–Crippen MR) is 85.5 cm³/mol. The van der Waals surface area contributed by atoms with Crippen molar-refractivity contribution >= 4 is 11.9 Å². The maximum atomic E-state index is 12.4. The fourth-order valence-electron chi connectivity index (χ4n) is 2.43. The molecule has 5 nitrogen and oxygen atoms in total. The molecular weight excluding hydrogens is 296 g/mol. The van der Waals surface area contributed by atoms with E-state index in [4.69, 9.17) is 13.9 Å². The van der Waals surface area contributed by atoms with Crippen LogP contribution in [0.5, 0.6) is 0 Å². The molecule has 1 aromatic heterocycles. The SMILES string of the molecule is CCOC(=O)c1oc(C)c(-c2cccc(C)c2)c1C(=O)OCC. The Morgan fingerprint density at radius 3 is 2.30 bits per heavy atom. The summed E-state index contributed by atoms with van der Waals surface area (Å²) in [5.41, 5.74) is 2.52. The highest BCUT2D eigenvalue weighted by Crippen LogP contribution is 2.34. The van der Waals surface area contributed by atoms with E-state index < -0.39 is 11.9 Å². The van der Waals surface area contributed by atoms with E-state index in [-0.39, 0.29) is 24.5 Å². The summed E-state index contributed by atoms with van der Waals surface area (Å²) in [4.78, 5) is 24.5. The fourth-order valence-corrected chi connectivity index (χ4v) is 2.43. The third kappa shape index (κ3) is 3.44. The smallest absolute Gasteiger partial charge is 0.375 e. The van der Waals surface area contributed by atoms with Crippen molar-refractivity contribution in [2.45, 2.75) is 27.7 Å². The minimum atomic E-state index is -0.669. The molecule has 0 atom stereocenters. The van der Waals surface area contributed by atoms with Crippen molar-refractivity contribution in [2.24, 2.45) is 0 Å². The van der Waals surface area contributed by atoms with E-state index in [1.165, 1.54) is 0 Å². The van der Waals surface area contributed by atoms with Gasteiger partial charge in [-0.25, -0.2) is 9.59 Å². The van der Waals surface area contributed by atoms with Crippen LogP contribution in [-0.4, -0.2) is 25.2 Å². The molecule has 0 N–H and O–H groups in total. The lowest BCUT2D eigenvalue weighted by Gasteiger charge is -2.07. The first-order valence-corrected chi connectivity index (χ1v) is 7.54. The van der Waals surface area contributed by atoms with Crippen molar-refractivity contribution < 1.29 is 23.5 Å². The third-order valence-electron chi connectivity index (χ3n) is 3.33. The molecule has 0 fully saturated rings. The van der Waals surface area contributed by atoms with Gasteiger partial charge in [-0.15, -0.1) is 0 Å². The van der Waals surface area contributed by atoms with Crippen LogP contribution in [0.1, 0.15) is 46.1 Å². The van der Waals surface area contributed by atoms with Gasteiger partial charge >= 0.3 is 11.9 Å². The van der Waals surface area contributed by atoms with Crippen LogP contribution in [0.4, 0.5) is 0 Å². The van der Waals surface area contributed by atoms with Crippen LogP contribution in [0.25, 0.3) is 11.1 Å². The van der Waals surface area contributed by atoms with E-state index in [0.29, 0.717) is 11.3 Å². The number of hydrogen-bond donors (Lipinski definition) is 0. The van der Waals surface area contributed by atoms with Crippen LogP contribution in [0.3, 0.4) is 0 Å². The molecule has 1 aromatic carbocycles. The minimum Gasteiger partial charge on any atom is -0.462 e. The first kappa shape index (κ1) is 16.8. The van der Waals surface area contributed by atoms with Crippen LogP contribution in [0.15, 0.2) is 28.7 Å². The highest BCUT2D eigenvalue weighted by Gasteiger charge is 2.30. The first-order valence-electron chi connectivity index (χ1n) is 7.54. The second kappa shape index (κ2) is 7.13. The van der Waals surface area contributed by atoms with Crippen LogP contribution in [0, 0.1) is 13.8 Å². The summed E-state index contributed by atoms with van der Waals surface area (Å²) < 4.78 is 15.6. The number of carbonyl (C=O) groups is 2. The van der Waals surface area contributed by atoms with E-state index >= 15 is 0 Å². The molecule has 0 radical (unpaired) electrons. The Morgan fingerprint density at radius 2 is 1.70 bits per heavy atom. The lowest BCUT2D eigenvalue weighted by molar-refractivity contribution is 0.0451. The molecule has 5 heteroatoms. The Balaban J connectivity index is 2.65. The number of rotatable bonds is 5. The van der Waals surface area contributed by atoms with Crippen LogP contribution >= 0.6 is 0 Å². The summed E-state index contributed by atoms with van der Waals surface area (Å²) in [6.45, 7) is 7.47. The highest BCUT2D eigenvalue weighted by atomic mass is 16.5. The number of hydrogen-bond acceptors (Lipinski definition) is 5. The Morgan fingerprint density at radius 1 is 1.04 bits per heavy atom. The molecule has 23 heavy (non-hydrogen) atoms. The van der Waals surface area contributed by atoms with Crippen LogP contribution in [0.2, 0.25) is 0 Å². The van der Waals surface area contributed by atoms with Crippen molar-refractivity contribution in [3.05, 3.63) is 46.9 Å². The van der Waals surface area contributed by atoms with Crippen LogP contribution < -0.4 is 0 Å². The molecule has 2 aromatic rings. The van der Waals surface area contributed by atoms with Crippen LogP contribution in [-0.2, 0) is 9.47 Å². The zero-order valence-corrected chi connectivity index (χ0v) is 13.8. The number of benzene rings is 1. The summed E-state index contributed by atoms with van der Waals surface area (Å²) in [5, 5.41) is 0. The van der Waals surface area contributed by atoms with Gasteiger partial charge in [0, 0.05) is 5.56 Å². The average molecular weight is 316 g/mol. The quantitative estimate of drug-likeness (QED) is 0.782. The van der Waals surface area contributed by atoms with Gasteiger partial charge in [0.2, 0.25) is 5.76 Å². The monoisotopic (exact) mass is 316 g/mol. The lowest BCUT2D eigenvalue weighted by Crippen LogP contribution is -2.13. The maximum Gasteiger partial charge on any atom is 0.375 e. The Labute approximate surface area is 135 Å². The number of furan rings is 1. The normalized spacial score (nSPS) is 10.4. The second-order valence-electron chi connectivity index (χ2n) is 5.05. The molecule has 0 saturated heterocycles. The molecule has 0 aliphatic rings.